The third-order valence-corrected chi connectivity index (χ3v) is 1.63. The topological polar surface area (TPSA) is 49.7 Å². The molecular weight excluding hydrogens is 142 g/mol. The summed E-state index contributed by atoms with van der Waals surface area (Å²) in [7, 11) is 0. The first-order valence-electron chi connectivity index (χ1n) is 3.68. The second kappa shape index (κ2) is 4.11. The van der Waals surface area contributed by atoms with E-state index in [1.54, 1.807) is 20.1 Å². The van der Waals surface area contributed by atoms with Gasteiger partial charge in [-0.2, -0.15) is 0 Å². The molecule has 64 valence electrons. The summed E-state index contributed by atoms with van der Waals surface area (Å²) in [5.74, 6) is -0.760. The Hall–Kier alpha value is -0.860. The van der Waals surface area contributed by atoms with Gasteiger partial charge in [-0.3, -0.25) is 9.79 Å². The van der Waals surface area contributed by atoms with Gasteiger partial charge < -0.3 is 5.11 Å². The minimum absolute atomic E-state index is 0.590. The first-order chi connectivity index (χ1) is 5.00. The van der Waals surface area contributed by atoms with Crippen molar-refractivity contribution in [2.75, 3.05) is 6.54 Å². The van der Waals surface area contributed by atoms with Crippen molar-refractivity contribution in [3.8, 4) is 0 Å². The standard InChI is InChI=1S/C8H15NO2/c1-4-9-6-5-8(2,3)7(10)11/h4H,5-6H2,1-3H3,(H,10,11). The van der Waals surface area contributed by atoms with E-state index in [1.165, 1.54) is 0 Å². The van der Waals surface area contributed by atoms with Gasteiger partial charge >= 0.3 is 5.97 Å². The third-order valence-electron chi connectivity index (χ3n) is 1.63. The molecule has 0 amide bonds. The van der Waals surface area contributed by atoms with Crippen molar-refractivity contribution in [3.05, 3.63) is 0 Å². The number of aliphatic carboxylic acids is 1. The molecule has 0 aliphatic carbocycles. The lowest BCUT2D eigenvalue weighted by molar-refractivity contribution is -0.147. The van der Waals surface area contributed by atoms with Gasteiger partial charge in [0.2, 0.25) is 0 Å². The van der Waals surface area contributed by atoms with Crippen LogP contribution in [0.15, 0.2) is 4.99 Å². The highest BCUT2D eigenvalue weighted by Crippen LogP contribution is 2.19. The van der Waals surface area contributed by atoms with Crippen LogP contribution in [0.5, 0.6) is 0 Å². The first kappa shape index (κ1) is 10.1. The molecule has 0 heterocycles. The highest BCUT2D eigenvalue weighted by Gasteiger charge is 2.25. The smallest absolute Gasteiger partial charge is 0.309 e. The number of nitrogens with zero attached hydrogens (tertiary/aromatic N) is 1. The summed E-state index contributed by atoms with van der Waals surface area (Å²) < 4.78 is 0. The van der Waals surface area contributed by atoms with E-state index in [-0.39, 0.29) is 0 Å². The maximum atomic E-state index is 10.6. The fourth-order valence-electron chi connectivity index (χ4n) is 0.580. The normalized spacial score (nSPS) is 12.3. The molecule has 0 aromatic heterocycles. The fourth-order valence-corrected chi connectivity index (χ4v) is 0.580. The van der Waals surface area contributed by atoms with Crippen molar-refractivity contribution < 1.29 is 9.90 Å². The number of carbonyl (C=O) groups is 1. The lowest BCUT2D eigenvalue weighted by Crippen LogP contribution is -2.24. The average molecular weight is 157 g/mol. The zero-order valence-corrected chi connectivity index (χ0v) is 7.29. The second-order valence-corrected chi connectivity index (χ2v) is 3.10. The summed E-state index contributed by atoms with van der Waals surface area (Å²) in [5.41, 5.74) is -0.646. The van der Waals surface area contributed by atoms with E-state index in [1.807, 2.05) is 6.92 Å². The van der Waals surface area contributed by atoms with Crippen molar-refractivity contribution >= 4 is 12.2 Å². The monoisotopic (exact) mass is 157 g/mol. The molecule has 3 heteroatoms. The SMILES string of the molecule is CC=NCCC(C)(C)C(=O)O. The van der Waals surface area contributed by atoms with E-state index >= 15 is 0 Å². The zero-order chi connectivity index (χ0) is 8.91. The molecule has 0 unspecified atom stereocenters. The molecular formula is C8H15NO2. The van der Waals surface area contributed by atoms with Crippen LogP contribution >= 0.6 is 0 Å². The van der Waals surface area contributed by atoms with E-state index in [0.29, 0.717) is 13.0 Å². The van der Waals surface area contributed by atoms with Gasteiger partial charge in [-0.15, -0.1) is 0 Å². The van der Waals surface area contributed by atoms with Crippen molar-refractivity contribution in [1.82, 2.24) is 0 Å². The van der Waals surface area contributed by atoms with Gasteiger partial charge in [0.1, 0.15) is 0 Å². The Balaban J connectivity index is 3.82. The molecule has 0 aromatic carbocycles. The van der Waals surface area contributed by atoms with Crippen molar-refractivity contribution in [2.24, 2.45) is 10.4 Å². The van der Waals surface area contributed by atoms with Crippen LogP contribution in [-0.4, -0.2) is 23.8 Å². The van der Waals surface area contributed by atoms with Crippen LogP contribution in [0.25, 0.3) is 0 Å². The Morgan fingerprint density at radius 2 is 2.18 bits per heavy atom. The Labute approximate surface area is 67.1 Å². The number of aliphatic imine (C=N–C) groups is 1. The Kier molecular flexibility index (Phi) is 3.79. The molecule has 11 heavy (non-hydrogen) atoms. The van der Waals surface area contributed by atoms with Crippen LogP contribution < -0.4 is 0 Å². The highest BCUT2D eigenvalue weighted by molar-refractivity contribution is 5.73. The lowest BCUT2D eigenvalue weighted by atomic mass is 9.90. The maximum Gasteiger partial charge on any atom is 0.309 e. The van der Waals surface area contributed by atoms with Gasteiger partial charge in [-0.25, -0.2) is 0 Å². The van der Waals surface area contributed by atoms with Gasteiger partial charge in [0, 0.05) is 6.54 Å². The van der Waals surface area contributed by atoms with Crippen LogP contribution in [0.2, 0.25) is 0 Å². The first-order valence-corrected chi connectivity index (χ1v) is 3.68. The molecule has 1 N–H and O–H groups in total. The van der Waals surface area contributed by atoms with E-state index in [4.69, 9.17) is 5.11 Å². The molecule has 0 radical (unpaired) electrons. The molecule has 3 nitrogen and oxygen atoms in total. The third kappa shape index (κ3) is 3.75. The molecule has 0 rings (SSSR count). The molecule has 0 aromatic rings. The summed E-state index contributed by atoms with van der Waals surface area (Å²) in [6.07, 6.45) is 2.28. The van der Waals surface area contributed by atoms with Gasteiger partial charge in [0.25, 0.3) is 0 Å². The molecule has 0 fully saturated rings. The van der Waals surface area contributed by atoms with Crippen molar-refractivity contribution in [1.29, 1.82) is 0 Å². The van der Waals surface area contributed by atoms with Crippen LogP contribution in [0.1, 0.15) is 27.2 Å². The molecule has 0 atom stereocenters. The summed E-state index contributed by atoms with van der Waals surface area (Å²) in [5, 5.41) is 8.69. The van der Waals surface area contributed by atoms with Gasteiger partial charge in [0.05, 0.1) is 5.41 Å². The predicted octanol–water partition coefficient (Wildman–Crippen LogP) is 1.58. The number of carboxylic acid groups (broad SMARTS) is 1. The van der Waals surface area contributed by atoms with Crippen LogP contribution in [0, 0.1) is 5.41 Å². The fraction of sp³-hybridized carbons (Fsp3) is 0.750. The Bertz CT molecular complexity index is 161. The number of rotatable bonds is 4. The lowest BCUT2D eigenvalue weighted by Gasteiger charge is -2.16. The number of hydrogen-bond donors (Lipinski definition) is 1. The van der Waals surface area contributed by atoms with E-state index in [2.05, 4.69) is 4.99 Å². The minimum Gasteiger partial charge on any atom is -0.481 e. The molecule has 0 bridgehead atoms. The summed E-state index contributed by atoms with van der Waals surface area (Å²) in [6.45, 7) is 5.84. The summed E-state index contributed by atoms with van der Waals surface area (Å²) >= 11 is 0. The van der Waals surface area contributed by atoms with Gasteiger partial charge in [0.15, 0.2) is 0 Å². The second-order valence-electron chi connectivity index (χ2n) is 3.10. The summed E-state index contributed by atoms with van der Waals surface area (Å²) in [4.78, 5) is 14.5. The average Bonchev–Trinajstić information content (AvgIpc) is 1.88. The van der Waals surface area contributed by atoms with Gasteiger partial charge in [-0.05, 0) is 33.4 Å². The van der Waals surface area contributed by atoms with Crippen LogP contribution in [0.4, 0.5) is 0 Å². The zero-order valence-electron chi connectivity index (χ0n) is 7.29. The molecule has 0 aliphatic heterocycles. The van der Waals surface area contributed by atoms with Crippen molar-refractivity contribution in [2.45, 2.75) is 27.2 Å². The number of hydrogen-bond acceptors (Lipinski definition) is 2. The van der Waals surface area contributed by atoms with Crippen molar-refractivity contribution in [3.63, 3.8) is 0 Å². The molecule has 0 spiro atoms. The number of carboxylic acids is 1. The quantitative estimate of drug-likeness (QED) is 0.630. The molecule has 0 saturated carbocycles. The van der Waals surface area contributed by atoms with Gasteiger partial charge in [-0.1, -0.05) is 0 Å². The largest absolute Gasteiger partial charge is 0.481 e. The molecule has 0 saturated heterocycles. The maximum absolute atomic E-state index is 10.6. The van der Waals surface area contributed by atoms with E-state index < -0.39 is 11.4 Å². The Morgan fingerprint density at radius 3 is 2.55 bits per heavy atom. The van der Waals surface area contributed by atoms with E-state index in [9.17, 15) is 4.79 Å². The minimum atomic E-state index is -0.760. The predicted molar refractivity (Wildman–Crippen MR) is 45.1 cm³/mol. The van der Waals surface area contributed by atoms with Crippen LogP contribution in [0.3, 0.4) is 0 Å². The Morgan fingerprint density at radius 1 is 1.64 bits per heavy atom. The van der Waals surface area contributed by atoms with E-state index in [0.717, 1.165) is 0 Å². The molecule has 0 aliphatic rings. The summed E-state index contributed by atoms with van der Waals surface area (Å²) in [6, 6.07) is 0. The highest BCUT2D eigenvalue weighted by atomic mass is 16.4. The van der Waals surface area contributed by atoms with Crippen LogP contribution in [-0.2, 0) is 4.79 Å².